The molecular formula is C17H16ClIN2O3. The quantitative estimate of drug-likeness (QED) is 0.500. The van der Waals surface area contributed by atoms with Crippen LogP contribution in [-0.2, 0) is 4.79 Å². The molecule has 0 aliphatic heterocycles. The van der Waals surface area contributed by atoms with E-state index in [1.165, 1.54) is 6.08 Å². The zero-order valence-electron chi connectivity index (χ0n) is 12.9. The molecule has 0 fully saturated rings. The molecule has 126 valence electrons. The van der Waals surface area contributed by atoms with Crippen LogP contribution in [0.2, 0.25) is 5.02 Å². The van der Waals surface area contributed by atoms with Crippen LogP contribution in [0.3, 0.4) is 0 Å². The summed E-state index contributed by atoms with van der Waals surface area (Å²) in [6.45, 7) is 2.56. The Hall–Kier alpha value is -1.80. The average Bonchev–Trinajstić information content (AvgIpc) is 2.96. The van der Waals surface area contributed by atoms with Gasteiger partial charge in [0.25, 0.3) is 5.91 Å². The largest absolute Gasteiger partial charge is 0.451 e. The van der Waals surface area contributed by atoms with Crippen LogP contribution in [0.4, 0.5) is 5.69 Å². The minimum atomic E-state index is -0.319. The van der Waals surface area contributed by atoms with Gasteiger partial charge in [0.15, 0.2) is 3.77 Å². The van der Waals surface area contributed by atoms with Gasteiger partial charge in [0, 0.05) is 18.3 Å². The second kappa shape index (κ2) is 8.89. The van der Waals surface area contributed by atoms with E-state index in [4.69, 9.17) is 16.0 Å². The van der Waals surface area contributed by atoms with Gasteiger partial charge in [0.1, 0.15) is 5.76 Å². The molecule has 0 unspecified atom stereocenters. The van der Waals surface area contributed by atoms with E-state index in [0.717, 1.165) is 10.2 Å². The van der Waals surface area contributed by atoms with Crippen molar-refractivity contribution in [1.82, 2.24) is 5.32 Å². The van der Waals surface area contributed by atoms with Crippen LogP contribution in [0.5, 0.6) is 0 Å². The number of rotatable bonds is 6. The molecule has 1 aromatic carbocycles. The van der Waals surface area contributed by atoms with Crippen LogP contribution in [0.1, 0.15) is 29.5 Å². The summed E-state index contributed by atoms with van der Waals surface area (Å²) in [6.07, 6.45) is 3.79. The molecule has 0 bridgehead atoms. The molecule has 0 aliphatic carbocycles. The highest BCUT2D eigenvalue weighted by molar-refractivity contribution is 14.1. The molecule has 1 heterocycles. The molecule has 24 heavy (non-hydrogen) atoms. The molecule has 0 atom stereocenters. The molecule has 2 amide bonds. The first kappa shape index (κ1) is 18.5. The van der Waals surface area contributed by atoms with E-state index >= 15 is 0 Å². The summed E-state index contributed by atoms with van der Waals surface area (Å²) in [5.74, 6) is 0.0447. The van der Waals surface area contributed by atoms with Gasteiger partial charge in [0.05, 0.1) is 10.6 Å². The summed E-state index contributed by atoms with van der Waals surface area (Å²) in [7, 11) is 0. The van der Waals surface area contributed by atoms with Crippen molar-refractivity contribution in [1.29, 1.82) is 0 Å². The van der Waals surface area contributed by atoms with Crippen molar-refractivity contribution in [2.45, 2.75) is 13.3 Å². The molecule has 2 N–H and O–H groups in total. The predicted molar refractivity (Wildman–Crippen MR) is 103 cm³/mol. The SMILES string of the molecule is CCCNC(=O)c1ccc(NC(=O)/C=C/c2ccc(I)o2)cc1Cl. The summed E-state index contributed by atoms with van der Waals surface area (Å²) >= 11 is 8.16. The van der Waals surface area contributed by atoms with E-state index in [1.54, 1.807) is 36.4 Å². The number of nitrogens with one attached hydrogen (secondary N) is 2. The molecular weight excluding hydrogens is 443 g/mol. The first-order valence-corrected chi connectivity index (χ1v) is 8.77. The second-order valence-corrected chi connectivity index (χ2v) is 6.39. The molecule has 0 saturated heterocycles. The van der Waals surface area contributed by atoms with Crippen LogP contribution in [0, 0.1) is 3.77 Å². The van der Waals surface area contributed by atoms with Gasteiger partial charge in [0.2, 0.25) is 5.91 Å². The Labute approximate surface area is 158 Å². The molecule has 7 heteroatoms. The third-order valence-electron chi connectivity index (χ3n) is 3.01. The van der Waals surface area contributed by atoms with Crippen molar-refractivity contribution >= 4 is 57.8 Å². The Morgan fingerprint density at radius 3 is 2.71 bits per heavy atom. The molecule has 0 spiro atoms. The highest BCUT2D eigenvalue weighted by atomic mass is 127. The number of anilines is 1. The summed E-state index contributed by atoms with van der Waals surface area (Å²) in [6, 6.07) is 8.34. The normalized spacial score (nSPS) is 10.8. The summed E-state index contributed by atoms with van der Waals surface area (Å²) in [5, 5.41) is 5.72. The van der Waals surface area contributed by atoms with Gasteiger partial charge >= 0.3 is 0 Å². The lowest BCUT2D eigenvalue weighted by Gasteiger charge is -2.08. The van der Waals surface area contributed by atoms with Crippen molar-refractivity contribution in [2.24, 2.45) is 0 Å². The highest BCUT2D eigenvalue weighted by Gasteiger charge is 2.10. The summed E-state index contributed by atoms with van der Waals surface area (Å²) in [4.78, 5) is 23.8. The van der Waals surface area contributed by atoms with Gasteiger partial charge in [-0.15, -0.1) is 0 Å². The molecule has 2 aromatic rings. The number of furan rings is 1. The summed E-state index contributed by atoms with van der Waals surface area (Å²) < 4.78 is 6.08. The minimum Gasteiger partial charge on any atom is -0.451 e. The van der Waals surface area contributed by atoms with E-state index in [-0.39, 0.29) is 16.8 Å². The molecule has 5 nitrogen and oxygen atoms in total. The number of carbonyl (C=O) groups is 2. The number of hydrogen-bond acceptors (Lipinski definition) is 3. The highest BCUT2D eigenvalue weighted by Crippen LogP contribution is 2.21. The summed E-state index contributed by atoms with van der Waals surface area (Å²) in [5.41, 5.74) is 0.888. The Morgan fingerprint density at radius 1 is 1.29 bits per heavy atom. The molecule has 0 aliphatic rings. The Balaban J connectivity index is 1.99. The molecule has 0 radical (unpaired) electrons. The van der Waals surface area contributed by atoms with Gasteiger partial charge in [-0.1, -0.05) is 18.5 Å². The number of halogens is 2. The van der Waals surface area contributed by atoms with Gasteiger partial charge in [-0.3, -0.25) is 9.59 Å². The topological polar surface area (TPSA) is 71.3 Å². The monoisotopic (exact) mass is 458 g/mol. The predicted octanol–water partition coefficient (Wildman–Crippen LogP) is 4.33. The third-order valence-corrected chi connectivity index (χ3v) is 3.90. The Bertz CT molecular complexity index is 771. The average molecular weight is 459 g/mol. The Morgan fingerprint density at radius 2 is 2.08 bits per heavy atom. The van der Waals surface area contributed by atoms with Gasteiger partial charge < -0.3 is 15.1 Å². The first-order valence-electron chi connectivity index (χ1n) is 7.31. The molecule has 2 rings (SSSR count). The van der Waals surface area contributed by atoms with Crippen molar-refractivity contribution < 1.29 is 14.0 Å². The fraction of sp³-hybridized carbons (Fsp3) is 0.176. The zero-order valence-corrected chi connectivity index (χ0v) is 15.8. The van der Waals surface area contributed by atoms with Gasteiger partial charge in [-0.05, 0) is 65.4 Å². The van der Waals surface area contributed by atoms with Crippen molar-refractivity contribution in [3.63, 3.8) is 0 Å². The van der Waals surface area contributed by atoms with Crippen LogP contribution >= 0.6 is 34.2 Å². The van der Waals surface area contributed by atoms with Crippen LogP contribution < -0.4 is 10.6 Å². The van der Waals surface area contributed by atoms with Crippen molar-refractivity contribution in [3.8, 4) is 0 Å². The number of hydrogen-bond donors (Lipinski definition) is 2. The zero-order chi connectivity index (χ0) is 17.5. The van der Waals surface area contributed by atoms with Gasteiger partial charge in [-0.25, -0.2) is 0 Å². The maximum absolute atomic E-state index is 11.9. The van der Waals surface area contributed by atoms with Crippen LogP contribution in [0.15, 0.2) is 40.8 Å². The lowest BCUT2D eigenvalue weighted by atomic mass is 10.2. The fourth-order valence-electron chi connectivity index (χ4n) is 1.87. The standard InChI is InChI=1S/C17H16ClIN2O3/c1-2-9-20-17(23)13-6-3-11(10-14(13)18)21-16(22)8-5-12-4-7-15(19)24-12/h3-8,10H,2,9H2,1H3,(H,20,23)(H,21,22)/b8-5+. The van der Waals surface area contributed by atoms with E-state index in [0.29, 0.717) is 23.6 Å². The third kappa shape index (κ3) is 5.38. The fourth-order valence-corrected chi connectivity index (χ4v) is 2.57. The van der Waals surface area contributed by atoms with E-state index in [2.05, 4.69) is 10.6 Å². The molecule has 1 aromatic heterocycles. The molecule has 0 saturated carbocycles. The second-order valence-electron chi connectivity index (χ2n) is 4.91. The number of carbonyl (C=O) groups excluding carboxylic acids is 2. The van der Waals surface area contributed by atoms with Crippen molar-refractivity contribution in [3.05, 3.63) is 56.5 Å². The maximum atomic E-state index is 11.9. The Kier molecular flexibility index (Phi) is 6.86. The van der Waals surface area contributed by atoms with E-state index < -0.39 is 0 Å². The minimum absolute atomic E-state index is 0.230. The van der Waals surface area contributed by atoms with Gasteiger partial charge in [-0.2, -0.15) is 0 Å². The van der Waals surface area contributed by atoms with Crippen molar-refractivity contribution in [2.75, 3.05) is 11.9 Å². The maximum Gasteiger partial charge on any atom is 0.252 e. The van der Waals surface area contributed by atoms with E-state index in [9.17, 15) is 9.59 Å². The smallest absolute Gasteiger partial charge is 0.252 e. The number of amides is 2. The van der Waals surface area contributed by atoms with Crippen LogP contribution in [0.25, 0.3) is 6.08 Å². The lowest BCUT2D eigenvalue weighted by molar-refractivity contribution is -0.111. The van der Waals surface area contributed by atoms with E-state index in [1.807, 2.05) is 29.5 Å². The first-order chi connectivity index (χ1) is 11.5. The van der Waals surface area contributed by atoms with Crippen LogP contribution in [-0.4, -0.2) is 18.4 Å². The lowest BCUT2D eigenvalue weighted by Crippen LogP contribution is -2.24. The number of benzene rings is 1.